The monoisotopic (exact) mass is 1070 g/mol. The van der Waals surface area contributed by atoms with E-state index in [9.17, 15) is 9.90 Å². The molecule has 21 nitrogen and oxygen atoms in total. The molecule has 1 aliphatic rings. The molecule has 8 rings (SSSR count). The number of hydrogen-bond donors (Lipinski definition) is 3. The number of tetrazole rings is 1. The molecule has 1 amide bonds. The van der Waals surface area contributed by atoms with Crippen molar-refractivity contribution in [3.8, 4) is 28.6 Å². The molecule has 0 unspecified atom stereocenters. The molecule has 0 aliphatic carbocycles. The van der Waals surface area contributed by atoms with E-state index in [4.69, 9.17) is 23.6 Å². The summed E-state index contributed by atoms with van der Waals surface area (Å²) in [4.78, 5) is 21.8. The van der Waals surface area contributed by atoms with Crippen LogP contribution in [0.15, 0.2) is 113 Å². The molecular weight excluding hydrogens is 1010 g/mol. The van der Waals surface area contributed by atoms with Gasteiger partial charge in [-0.2, -0.15) is 4.31 Å². The smallest absolute Gasteiger partial charge is 0.404 e. The predicted molar refractivity (Wildman–Crippen MR) is 279 cm³/mol. The molecule has 3 aromatic heterocycles. The number of nitrogens with one attached hydrogen (secondary N) is 2. The quantitative estimate of drug-likeness (QED) is 0.0664. The summed E-state index contributed by atoms with van der Waals surface area (Å²) >= 11 is 0. The lowest BCUT2D eigenvalue weighted by atomic mass is 10.1. The normalized spacial score (nSPS) is 13.7. The second-order valence-electron chi connectivity index (χ2n) is 19.3. The van der Waals surface area contributed by atoms with E-state index in [2.05, 4.69) is 30.5 Å². The van der Waals surface area contributed by atoms with Crippen LogP contribution in [0.2, 0.25) is 18.1 Å². The maximum atomic E-state index is 16.4. The van der Waals surface area contributed by atoms with Crippen LogP contribution < -0.4 is 29.1 Å². The Balaban J connectivity index is 1.36. The number of methoxy groups -OCH3 is 3. The van der Waals surface area contributed by atoms with Gasteiger partial charge in [-0.25, -0.2) is 41.0 Å². The van der Waals surface area contributed by atoms with E-state index < -0.39 is 56.9 Å². The highest BCUT2D eigenvalue weighted by Gasteiger charge is 2.42. The third-order valence-electron chi connectivity index (χ3n) is 13.4. The van der Waals surface area contributed by atoms with Gasteiger partial charge in [-0.3, -0.25) is 4.40 Å². The molecular formula is C50H61N11O10S2Si. The van der Waals surface area contributed by atoms with Crippen LogP contribution in [0, 0.1) is 0 Å². The zero-order chi connectivity index (χ0) is 53.0. The second-order valence-corrected chi connectivity index (χ2v) is 27.6. The fraction of sp³-hybridized carbons (Fsp3) is 0.360. The van der Waals surface area contributed by atoms with Crippen molar-refractivity contribution in [2.75, 3.05) is 45.9 Å². The minimum atomic E-state index is -4.99. The van der Waals surface area contributed by atoms with E-state index in [0.717, 1.165) is 17.0 Å². The van der Waals surface area contributed by atoms with Crippen LogP contribution in [0.5, 0.6) is 17.2 Å². The third kappa shape index (κ3) is 11.7. The highest BCUT2D eigenvalue weighted by molar-refractivity contribution is 7.92. The number of nitrogens with zero attached hydrogens (tertiary/aromatic N) is 9. The average Bonchev–Trinajstić information content (AvgIpc) is 4.00. The molecule has 0 fully saturated rings. The number of carbonyl (C=O) groups is 1. The van der Waals surface area contributed by atoms with Crippen molar-refractivity contribution in [3.05, 3.63) is 131 Å². The standard InChI is InChI=1S/C50H61N11O10S2Si/c1-50(2,3)74(7,8)71-40(28-52-49(62)63)29-53-72(64,65)44-23-22-42(58-27-24-41-43(33-58)60-26-9-25-51-48(60)54-41)45(47-55-56-57-61(47)32-36-14-20-39(70-6)21-15-36)46(44)73(66,67)59(30-34-10-16-37(68-4)17-11-34)31-35-12-18-38(69-5)19-13-35/h9-23,25-26,40,52-53H,24,27-33H2,1-8H3,(H,62,63)/t40-/m1/s1. The minimum Gasteiger partial charge on any atom is -0.497 e. The molecule has 1 atom stereocenters. The Morgan fingerprint density at radius 3 is 2.00 bits per heavy atom. The van der Waals surface area contributed by atoms with Crippen LogP contribution >= 0.6 is 0 Å². The highest BCUT2D eigenvalue weighted by atomic mass is 32.2. The molecule has 0 bridgehead atoms. The summed E-state index contributed by atoms with van der Waals surface area (Å²) in [6.45, 7) is 9.48. The number of carboxylic acid groups (broad SMARTS) is 1. The third-order valence-corrected chi connectivity index (χ3v) is 21.4. The van der Waals surface area contributed by atoms with Crippen molar-refractivity contribution in [2.24, 2.45) is 0 Å². The summed E-state index contributed by atoms with van der Waals surface area (Å²) in [5.41, 5.74) is 3.78. The first-order valence-electron chi connectivity index (χ1n) is 23.7. The van der Waals surface area contributed by atoms with Gasteiger partial charge in [0.15, 0.2) is 14.1 Å². The van der Waals surface area contributed by atoms with Gasteiger partial charge in [-0.05, 0) is 99.8 Å². The van der Waals surface area contributed by atoms with Gasteiger partial charge in [0.05, 0.1) is 57.5 Å². The molecule has 74 heavy (non-hydrogen) atoms. The number of benzene rings is 4. The van der Waals surface area contributed by atoms with Crippen LogP contribution in [0.4, 0.5) is 10.5 Å². The molecule has 0 saturated heterocycles. The number of sulfonamides is 2. The zero-order valence-corrected chi connectivity index (χ0v) is 45.1. The number of imidazole rings is 1. The predicted octanol–water partition coefficient (Wildman–Crippen LogP) is 6.35. The largest absolute Gasteiger partial charge is 0.497 e. The number of aromatic nitrogens is 7. The van der Waals surface area contributed by atoms with Crippen LogP contribution in [0.1, 0.15) is 48.8 Å². The van der Waals surface area contributed by atoms with Crippen LogP contribution in [0.3, 0.4) is 0 Å². The summed E-state index contributed by atoms with van der Waals surface area (Å²) < 4.78 is 93.7. The molecule has 24 heteroatoms. The van der Waals surface area contributed by atoms with E-state index in [1.54, 1.807) is 86.1 Å². The molecule has 1 aliphatic heterocycles. The van der Waals surface area contributed by atoms with Gasteiger partial charge in [0, 0.05) is 57.2 Å². The van der Waals surface area contributed by atoms with Gasteiger partial charge >= 0.3 is 6.09 Å². The fourth-order valence-electron chi connectivity index (χ4n) is 8.40. The zero-order valence-electron chi connectivity index (χ0n) is 42.5. The molecule has 0 saturated carbocycles. The first-order valence-corrected chi connectivity index (χ1v) is 29.6. The van der Waals surface area contributed by atoms with Crippen LogP contribution in [0.25, 0.3) is 17.2 Å². The summed E-state index contributed by atoms with van der Waals surface area (Å²) in [7, 11) is -7.89. The van der Waals surface area contributed by atoms with E-state index in [1.165, 1.54) is 29.3 Å². The first kappa shape index (κ1) is 53.3. The summed E-state index contributed by atoms with van der Waals surface area (Å²) in [6, 6.07) is 25.7. The Labute approximate surface area is 431 Å². The minimum absolute atomic E-state index is 0.0318. The van der Waals surface area contributed by atoms with Crippen molar-refractivity contribution < 1.29 is 45.4 Å². The van der Waals surface area contributed by atoms with Crippen molar-refractivity contribution >= 4 is 45.9 Å². The van der Waals surface area contributed by atoms with Crippen molar-refractivity contribution in [1.82, 2.24) is 48.9 Å². The average molecular weight is 1070 g/mol. The van der Waals surface area contributed by atoms with E-state index in [1.807, 2.05) is 61.5 Å². The number of ether oxygens (including phenoxy) is 3. The lowest BCUT2D eigenvalue weighted by Gasteiger charge is -2.39. The van der Waals surface area contributed by atoms with Gasteiger partial charge in [0.1, 0.15) is 27.0 Å². The fourth-order valence-corrected chi connectivity index (χ4v) is 13.2. The number of anilines is 1. The number of hydrogen-bond acceptors (Lipinski definition) is 15. The summed E-state index contributed by atoms with van der Waals surface area (Å²) in [5, 5.41) is 24.6. The summed E-state index contributed by atoms with van der Waals surface area (Å²) in [5.74, 6) is 2.19. The molecule has 0 radical (unpaired) electrons. The SMILES string of the molecule is COc1ccc(CN(Cc2ccc(OC)cc2)S(=O)(=O)c2c(S(=O)(=O)NC[C@@H](CNC(=O)O)O[Si](C)(C)C(C)(C)C)ccc(N3CCc4nc5ncccn5c4C3)c2-c2nnnn2Cc2ccc(OC)cc2)cc1. The molecule has 4 aromatic carbocycles. The molecule has 392 valence electrons. The molecule has 3 N–H and O–H groups in total. The molecule has 7 aromatic rings. The summed E-state index contributed by atoms with van der Waals surface area (Å²) in [6.07, 6.45) is 1.65. The van der Waals surface area contributed by atoms with Gasteiger partial charge in [0.25, 0.3) is 0 Å². The topological polar surface area (TPSA) is 247 Å². The van der Waals surface area contributed by atoms with Gasteiger partial charge < -0.3 is 34.0 Å². The van der Waals surface area contributed by atoms with E-state index in [-0.39, 0.29) is 49.1 Å². The van der Waals surface area contributed by atoms with Gasteiger partial charge in [-0.15, -0.1) is 5.10 Å². The van der Waals surface area contributed by atoms with Crippen molar-refractivity contribution in [1.29, 1.82) is 0 Å². The number of amides is 1. The Morgan fingerprint density at radius 1 is 0.838 bits per heavy atom. The van der Waals surface area contributed by atoms with Crippen LogP contribution in [-0.2, 0) is 57.1 Å². The Kier molecular flexibility index (Phi) is 15.8. The van der Waals surface area contributed by atoms with E-state index >= 15 is 16.8 Å². The molecule has 0 spiro atoms. The Hall–Kier alpha value is -6.96. The molecule has 4 heterocycles. The first-order chi connectivity index (χ1) is 35.2. The van der Waals surface area contributed by atoms with Crippen molar-refractivity contribution in [3.63, 3.8) is 0 Å². The van der Waals surface area contributed by atoms with Crippen LogP contribution in [-0.4, -0.2) is 122 Å². The Morgan fingerprint density at radius 2 is 1.43 bits per heavy atom. The Bertz CT molecular complexity index is 3280. The maximum Gasteiger partial charge on any atom is 0.404 e. The number of rotatable bonds is 21. The lowest BCUT2D eigenvalue weighted by molar-refractivity contribution is 0.163. The number of fused-ring (bicyclic) bond motifs is 3. The second kappa shape index (κ2) is 21.9. The van der Waals surface area contributed by atoms with Gasteiger partial charge in [0.2, 0.25) is 25.8 Å². The van der Waals surface area contributed by atoms with Gasteiger partial charge in [-0.1, -0.05) is 57.2 Å². The van der Waals surface area contributed by atoms with E-state index in [0.29, 0.717) is 52.8 Å². The maximum absolute atomic E-state index is 16.4. The lowest BCUT2D eigenvalue weighted by Crippen LogP contribution is -2.50. The highest BCUT2D eigenvalue weighted by Crippen LogP contribution is 2.43. The van der Waals surface area contributed by atoms with Crippen molar-refractivity contribution in [2.45, 2.75) is 87.4 Å².